The van der Waals surface area contributed by atoms with Gasteiger partial charge in [-0.05, 0) is 24.8 Å². The van der Waals surface area contributed by atoms with Gasteiger partial charge in [0.05, 0.1) is 11.0 Å². The number of rotatable bonds is 6. The summed E-state index contributed by atoms with van der Waals surface area (Å²) in [6.45, 7) is 2.01. The third kappa shape index (κ3) is 3.76. The average Bonchev–Trinajstić information content (AvgIpc) is 3.37. The predicted molar refractivity (Wildman–Crippen MR) is 88.8 cm³/mol. The average molecular weight is 333 g/mol. The van der Waals surface area contributed by atoms with Gasteiger partial charge in [-0.2, -0.15) is 0 Å². The molecule has 1 aromatic carbocycles. The van der Waals surface area contributed by atoms with Crippen molar-refractivity contribution >= 4 is 23.1 Å². The summed E-state index contributed by atoms with van der Waals surface area (Å²) in [6, 6.07) is 8.26. The van der Waals surface area contributed by atoms with E-state index in [0.29, 0.717) is 16.9 Å². The van der Waals surface area contributed by atoms with Gasteiger partial charge >= 0.3 is 0 Å². The van der Waals surface area contributed by atoms with Crippen molar-refractivity contribution in [1.82, 2.24) is 9.97 Å². The van der Waals surface area contributed by atoms with Crippen LogP contribution in [-0.2, 0) is 0 Å². The highest BCUT2D eigenvalue weighted by atomic mass is 35.5. The molecule has 3 rings (SSSR count). The van der Waals surface area contributed by atoms with Gasteiger partial charge in [-0.3, -0.25) is 10.1 Å². The van der Waals surface area contributed by atoms with Crippen LogP contribution in [0.4, 0.5) is 11.5 Å². The van der Waals surface area contributed by atoms with E-state index in [0.717, 1.165) is 30.7 Å². The van der Waals surface area contributed by atoms with Crippen molar-refractivity contribution in [3.8, 4) is 0 Å². The molecule has 1 atom stereocenters. The van der Waals surface area contributed by atoms with Gasteiger partial charge in [0, 0.05) is 24.1 Å². The minimum absolute atomic E-state index is 0.0760. The lowest BCUT2D eigenvalue weighted by Gasteiger charge is -2.18. The minimum Gasteiger partial charge on any atom is -0.363 e. The zero-order chi connectivity index (χ0) is 16.4. The maximum Gasteiger partial charge on any atom is 0.269 e. The predicted octanol–water partition coefficient (Wildman–Crippen LogP) is 4.48. The SMILES string of the molecule is CCC(Nc1cc(Cl)nc(C2CC2)n1)c1cccc([N+](=O)[O-])c1. The van der Waals surface area contributed by atoms with Gasteiger partial charge in [0.2, 0.25) is 0 Å². The summed E-state index contributed by atoms with van der Waals surface area (Å²) in [5, 5.41) is 14.7. The number of halogens is 1. The second-order valence-electron chi connectivity index (χ2n) is 5.67. The van der Waals surface area contributed by atoms with Gasteiger partial charge in [-0.15, -0.1) is 0 Å². The Kier molecular flexibility index (Phi) is 4.43. The Morgan fingerprint density at radius 3 is 2.83 bits per heavy atom. The van der Waals surface area contributed by atoms with Crippen molar-refractivity contribution < 1.29 is 4.92 Å². The molecule has 1 N–H and O–H groups in total. The van der Waals surface area contributed by atoms with E-state index in [4.69, 9.17) is 11.6 Å². The minimum atomic E-state index is -0.386. The number of non-ortho nitro benzene ring substituents is 1. The van der Waals surface area contributed by atoms with Crippen molar-refractivity contribution in [3.05, 3.63) is 57.0 Å². The quantitative estimate of drug-likeness (QED) is 0.479. The first-order valence-corrected chi connectivity index (χ1v) is 8.00. The molecule has 1 fully saturated rings. The normalized spacial score (nSPS) is 15.2. The molecule has 1 saturated carbocycles. The van der Waals surface area contributed by atoms with Crippen LogP contribution in [0.15, 0.2) is 30.3 Å². The van der Waals surface area contributed by atoms with Gasteiger partial charge < -0.3 is 5.32 Å². The number of nitro benzene ring substituents is 1. The Morgan fingerprint density at radius 1 is 1.39 bits per heavy atom. The molecule has 1 aromatic heterocycles. The van der Waals surface area contributed by atoms with E-state index >= 15 is 0 Å². The van der Waals surface area contributed by atoms with Gasteiger partial charge in [0.15, 0.2) is 0 Å². The van der Waals surface area contributed by atoms with Gasteiger partial charge in [-0.1, -0.05) is 30.7 Å². The third-order valence-corrected chi connectivity index (χ3v) is 4.06. The summed E-state index contributed by atoms with van der Waals surface area (Å²) in [5.74, 6) is 1.84. The van der Waals surface area contributed by atoms with E-state index in [9.17, 15) is 10.1 Å². The monoisotopic (exact) mass is 332 g/mol. The molecule has 0 amide bonds. The van der Waals surface area contributed by atoms with Crippen molar-refractivity contribution in [2.75, 3.05) is 5.32 Å². The maximum absolute atomic E-state index is 10.9. The molecule has 6 nitrogen and oxygen atoms in total. The summed E-state index contributed by atoms with van der Waals surface area (Å²) in [4.78, 5) is 19.3. The first-order chi connectivity index (χ1) is 11.1. The van der Waals surface area contributed by atoms with E-state index in [2.05, 4.69) is 15.3 Å². The van der Waals surface area contributed by atoms with Crippen LogP contribution in [0.1, 0.15) is 49.5 Å². The molecule has 1 aliphatic rings. The number of hydrogen-bond acceptors (Lipinski definition) is 5. The fraction of sp³-hybridized carbons (Fsp3) is 0.375. The van der Waals surface area contributed by atoms with Gasteiger partial charge in [0.25, 0.3) is 5.69 Å². The van der Waals surface area contributed by atoms with Crippen molar-refractivity contribution in [1.29, 1.82) is 0 Å². The van der Waals surface area contributed by atoms with E-state index in [1.54, 1.807) is 18.2 Å². The maximum atomic E-state index is 10.9. The largest absolute Gasteiger partial charge is 0.363 e. The highest BCUT2D eigenvalue weighted by Gasteiger charge is 2.27. The number of aromatic nitrogens is 2. The smallest absolute Gasteiger partial charge is 0.269 e. The fourth-order valence-corrected chi connectivity index (χ4v) is 2.68. The lowest BCUT2D eigenvalue weighted by molar-refractivity contribution is -0.384. The fourth-order valence-electron chi connectivity index (χ4n) is 2.49. The molecule has 0 bridgehead atoms. The van der Waals surface area contributed by atoms with E-state index in [1.165, 1.54) is 6.07 Å². The second kappa shape index (κ2) is 6.50. The molecule has 23 heavy (non-hydrogen) atoms. The molecule has 1 aliphatic carbocycles. The number of nitrogens with zero attached hydrogens (tertiary/aromatic N) is 3. The van der Waals surface area contributed by atoms with Crippen molar-refractivity contribution in [3.63, 3.8) is 0 Å². The third-order valence-electron chi connectivity index (χ3n) is 3.87. The molecule has 2 aromatic rings. The van der Waals surface area contributed by atoms with Gasteiger partial charge in [0.1, 0.15) is 16.8 Å². The summed E-state index contributed by atoms with van der Waals surface area (Å²) >= 11 is 6.08. The molecule has 1 heterocycles. The number of nitrogens with one attached hydrogen (secondary N) is 1. The Labute approximate surface area is 139 Å². The summed E-state index contributed by atoms with van der Waals surface area (Å²) in [7, 11) is 0. The number of nitro groups is 1. The number of hydrogen-bond donors (Lipinski definition) is 1. The highest BCUT2D eigenvalue weighted by molar-refractivity contribution is 6.29. The van der Waals surface area contributed by atoms with Crippen LogP contribution in [0.3, 0.4) is 0 Å². The first kappa shape index (κ1) is 15.7. The summed E-state index contributed by atoms with van der Waals surface area (Å²) in [5.41, 5.74) is 0.937. The van der Waals surface area contributed by atoms with Gasteiger partial charge in [-0.25, -0.2) is 9.97 Å². The van der Waals surface area contributed by atoms with Crippen LogP contribution < -0.4 is 5.32 Å². The van der Waals surface area contributed by atoms with Crippen LogP contribution in [0, 0.1) is 10.1 Å². The van der Waals surface area contributed by atoms with Crippen molar-refractivity contribution in [2.45, 2.75) is 38.1 Å². The molecule has 0 spiro atoms. The van der Waals surface area contributed by atoms with Crippen LogP contribution >= 0.6 is 11.6 Å². The molecule has 0 radical (unpaired) electrons. The lowest BCUT2D eigenvalue weighted by Crippen LogP contribution is -2.12. The summed E-state index contributed by atoms with van der Waals surface area (Å²) in [6.07, 6.45) is 2.96. The molecule has 1 unspecified atom stereocenters. The van der Waals surface area contributed by atoms with Crippen LogP contribution in [0.5, 0.6) is 0 Å². The highest BCUT2D eigenvalue weighted by Crippen LogP contribution is 2.39. The van der Waals surface area contributed by atoms with Crippen LogP contribution in [0.2, 0.25) is 5.15 Å². The second-order valence-corrected chi connectivity index (χ2v) is 6.05. The van der Waals surface area contributed by atoms with E-state index in [-0.39, 0.29) is 16.7 Å². The standard InChI is InChI=1S/C16H17ClN4O2/c1-2-13(11-4-3-5-12(8-11)21(22)23)18-15-9-14(17)19-16(20-15)10-6-7-10/h3-5,8-10,13H,2,6-7H2,1H3,(H,18,19,20). The zero-order valence-corrected chi connectivity index (χ0v) is 13.5. The number of anilines is 1. The van der Waals surface area contributed by atoms with Crippen LogP contribution in [0.25, 0.3) is 0 Å². The van der Waals surface area contributed by atoms with E-state index in [1.807, 2.05) is 13.0 Å². The first-order valence-electron chi connectivity index (χ1n) is 7.62. The molecule has 7 heteroatoms. The molecule has 120 valence electrons. The Hall–Kier alpha value is -2.21. The lowest BCUT2D eigenvalue weighted by atomic mass is 10.0. The Bertz CT molecular complexity index is 734. The van der Waals surface area contributed by atoms with Crippen molar-refractivity contribution in [2.24, 2.45) is 0 Å². The van der Waals surface area contributed by atoms with Crippen LogP contribution in [-0.4, -0.2) is 14.9 Å². The Morgan fingerprint density at radius 2 is 2.17 bits per heavy atom. The summed E-state index contributed by atoms with van der Waals surface area (Å²) < 4.78 is 0. The molecular formula is C16H17ClN4O2. The molecule has 0 aliphatic heterocycles. The zero-order valence-electron chi connectivity index (χ0n) is 12.7. The molecular weight excluding hydrogens is 316 g/mol. The molecule has 0 saturated heterocycles. The van der Waals surface area contributed by atoms with E-state index < -0.39 is 0 Å². The topological polar surface area (TPSA) is 81.0 Å². The Balaban J connectivity index is 1.84. The number of benzene rings is 1.